The average molecular weight is 567 g/mol. The van der Waals surface area contributed by atoms with E-state index in [0.29, 0.717) is 47.5 Å². The first-order chi connectivity index (χ1) is 19.4. The van der Waals surface area contributed by atoms with Gasteiger partial charge in [0.1, 0.15) is 11.5 Å². The van der Waals surface area contributed by atoms with Crippen molar-refractivity contribution in [2.75, 3.05) is 18.8 Å². The molecule has 6 nitrogen and oxygen atoms in total. The van der Waals surface area contributed by atoms with Crippen molar-refractivity contribution in [1.82, 2.24) is 10.2 Å². The van der Waals surface area contributed by atoms with Crippen LogP contribution in [-0.4, -0.2) is 63.8 Å². The number of phenols is 1. The number of aliphatic hydroxyl groups is 1. The van der Waals surface area contributed by atoms with E-state index in [4.69, 9.17) is 0 Å². The molecule has 0 spiro atoms. The van der Waals surface area contributed by atoms with Crippen molar-refractivity contribution < 1.29 is 19.8 Å². The highest BCUT2D eigenvalue weighted by Crippen LogP contribution is 2.39. The normalized spacial score (nSPS) is 22.7. The van der Waals surface area contributed by atoms with Crippen molar-refractivity contribution in [1.29, 1.82) is 0 Å². The van der Waals surface area contributed by atoms with Gasteiger partial charge in [-0.2, -0.15) is 0 Å². The molecule has 2 aromatic rings. The van der Waals surface area contributed by atoms with Crippen LogP contribution in [-0.2, 0) is 4.79 Å². The van der Waals surface area contributed by atoms with Crippen LogP contribution in [0, 0.1) is 18.8 Å². The van der Waals surface area contributed by atoms with Gasteiger partial charge >= 0.3 is 0 Å². The number of piperidine rings is 1. The van der Waals surface area contributed by atoms with E-state index in [1.807, 2.05) is 30.3 Å². The van der Waals surface area contributed by atoms with Gasteiger partial charge in [-0.3, -0.25) is 14.5 Å². The highest BCUT2D eigenvalue weighted by atomic mass is 32.2. The Kier molecular flexibility index (Phi) is 11.5. The molecular formula is C33H46N2O4S. The minimum Gasteiger partial charge on any atom is -0.508 e. The van der Waals surface area contributed by atoms with E-state index in [2.05, 4.69) is 17.1 Å². The Morgan fingerprint density at radius 1 is 1.05 bits per heavy atom. The van der Waals surface area contributed by atoms with E-state index in [1.54, 1.807) is 36.9 Å². The lowest BCUT2D eigenvalue weighted by atomic mass is 9.72. The molecule has 1 aliphatic carbocycles. The molecule has 218 valence electrons. The van der Waals surface area contributed by atoms with Crippen LogP contribution in [0.15, 0.2) is 53.4 Å². The quantitative estimate of drug-likeness (QED) is 0.204. The van der Waals surface area contributed by atoms with Gasteiger partial charge in [0, 0.05) is 41.3 Å². The summed E-state index contributed by atoms with van der Waals surface area (Å²) in [5.74, 6) is 1.72. The van der Waals surface area contributed by atoms with Gasteiger partial charge in [-0.05, 0) is 62.3 Å². The van der Waals surface area contributed by atoms with Crippen LogP contribution in [0.4, 0.5) is 0 Å². The summed E-state index contributed by atoms with van der Waals surface area (Å²) in [4.78, 5) is 30.1. The molecule has 2 aromatic carbocycles. The predicted molar refractivity (Wildman–Crippen MR) is 162 cm³/mol. The van der Waals surface area contributed by atoms with Gasteiger partial charge in [-0.15, -0.1) is 11.8 Å². The topological polar surface area (TPSA) is 89.9 Å². The second-order valence-electron chi connectivity index (χ2n) is 11.7. The van der Waals surface area contributed by atoms with E-state index in [9.17, 15) is 19.8 Å². The number of carbonyl (C=O) groups is 2. The summed E-state index contributed by atoms with van der Waals surface area (Å²) in [5.41, 5.74) is 0.912. The Bertz CT molecular complexity index is 1110. The molecule has 3 N–H and O–H groups in total. The van der Waals surface area contributed by atoms with Gasteiger partial charge < -0.3 is 15.5 Å². The summed E-state index contributed by atoms with van der Waals surface area (Å²) in [6.45, 7) is 5.06. The lowest BCUT2D eigenvalue weighted by molar-refractivity contribution is -0.129. The van der Waals surface area contributed by atoms with Crippen LogP contribution < -0.4 is 5.32 Å². The van der Waals surface area contributed by atoms with Crippen molar-refractivity contribution in [3.63, 3.8) is 0 Å². The molecular weight excluding hydrogens is 520 g/mol. The number of Topliss-reactive ketones (excluding diaryl/α,β-unsaturated/α-hetero) is 1. The van der Waals surface area contributed by atoms with E-state index < -0.39 is 12.1 Å². The molecule has 4 rings (SSSR count). The molecule has 0 unspecified atom stereocenters. The van der Waals surface area contributed by atoms with E-state index in [0.717, 1.165) is 37.1 Å². The number of amides is 1. The summed E-state index contributed by atoms with van der Waals surface area (Å²) < 4.78 is 0. The van der Waals surface area contributed by atoms with Crippen molar-refractivity contribution in [3.05, 3.63) is 59.7 Å². The number of aliphatic hydroxyl groups excluding tert-OH is 1. The molecule has 1 heterocycles. The van der Waals surface area contributed by atoms with Crippen LogP contribution in [0.25, 0.3) is 0 Å². The third kappa shape index (κ3) is 8.11. The molecule has 1 aliphatic heterocycles. The molecule has 40 heavy (non-hydrogen) atoms. The molecule has 1 saturated carbocycles. The number of nitrogens with zero attached hydrogens (tertiary/aromatic N) is 1. The summed E-state index contributed by atoms with van der Waals surface area (Å²) in [5, 5.41) is 24.9. The molecule has 1 saturated heterocycles. The number of phenolic OH excluding ortho intramolecular Hbond substituents is 1. The summed E-state index contributed by atoms with van der Waals surface area (Å²) in [6.07, 6.45) is 8.60. The smallest absolute Gasteiger partial charge is 0.252 e. The van der Waals surface area contributed by atoms with Crippen LogP contribution in [0.3, 0.4) is 0 Å². The predicted octanol–water partition coefficient (Wildman–Crippen LogP) is 5.98. The maximum Gasteiger partial charge on any atom is 0.252 e. The van der Waals surface area contributed by atoms with Gasteiger partial charge in [0.15, 0.2) is 0 Å². The van der Waals surface area contributed by atoms with Gasteiger partial charge in [0.2, 0.25) is 0 Å². The van der Waals surface area contributed by atoms with Crippen LogP contribution in [0.2, 0.25) is 0 Å². The summed E-state index contributed by atoms with van der Waals surface area (Å²) >= 11 is 1.59. The average Bonchev–Trinajstić information content (AvgIpc) is 2.96. The number of rotatable bonds is 13. The number of benzene rings is 2. The second-order valence-corrected chi connectivity index (χ2v) is 12.7. The molecule has 0 aromatic heterocycles. The molecule has 7 heteroatoms. The highest BCUT2D eigenvalue weighted by molar-refractivity contribution is 7.99. The number of fused-ring (bicyclic) bond motifs is 1. The van der Waals surface area contributed by atoms with E-state index >= 15 is 0 Å². The Hall–Kier alpha value is -2.35. The monoisotopic (exact) mass is 566 g/mol. The van der Waals surface area contributed by atoms with Crippen molar-refractivity contribution in [2.24, 2.45) is 11.8 Å². The molecule has 0 bridgehead atoms. The standard InChI is InChI=1S/C33H46N2O4S/c1-3-4-6-17-31(37)29-19-24-12-9-10-13-25(24)20-35(29)21-32(38)28(22-40-26-14-7-5-8-15-26)34-33(39)27-16-11-18-30(36)23(27)2/h5,7-8,11,14-16,18,24-25,28-29,32,36,38H,3-4,6,9-10,12-13,17,19-22H2,1-2H3,(H,34,39)/t24-,25+,28-,29-,32+/m0/s1. The van der Waals surface area contributed by atoms with Crippen LogP contribution >= 0.6 is 11.8 Å². The number of unbranched alkanes of at least 4 members (excludes halogenated alkanes) is 2. The highest BCUT2D eigenvalue weighted by Gasteiger charge is 2.40. The Labute approximate surface area is 243 Å². The largest absolute Gasteiger partial charge is 0.508 e. The zero-order valence-electron chi connectivity index (χ0n) is 24.1. The lowest BCUT2D eigenvalue weighted by Crippen LogP contribution is -2.57. The van der Waals surface area contributed by atoms with E-state index in [-0.39, 0.29) is 17.7 Å². The Balaban J connectivity index is 1.51. The zero-order valence-corrected chi connectivity index (χ0v) is 24.9. The fraction of sp³-hybridized carbons (Fsp3) is 0.576. The van der Waals surface area contributed by atoms with Crippen molar-refractivity contribution in [2.45, 2.75) is 94.7 Å². The van der Waals surface area contributed by atoms with Gasteiger partial charge in [-0.25, -0.2) is 0 Å². The SMILES string of the molecule is CCCCCC(=O)[C@@H]1C[C@@H]2CCCC[C@@H]2CN1C[C@@H](O)[C@H](CSc1ccccc1)NC(=O)c1cccc(O)c1C. The molecule has 5 atom stereocenters. The van der Waals surface area contributed by atoms with Crippen molar-refractivity contribution >= 4 is 23.5 Å². The number of carbonyl (C=O) groups excluding carboxylic acids is 2. The fourth-order valence-electron chi connectivity index (χ4n) is 6.39. The molecule has 2 aliphatic rings. The first-order valence-electron chi connectivity index (χ1n) is 15.1. The maximum atomic E-state index is 13.4. The minimum absolute atomic E-state index is 0.0724. The number of aromatic hydroxyl groups is 1. The second kappa shape index (κ2) is 15.0. The maximum absolute atomic E-state index is 13.4. The zero-order chi connectivity index (χ0) is 28.5. The summed E-state index contributed by atoms with van der Waals surface area (Å²) in [7, 11) is 0. The number of likely N-dealkylation sites (tertiary alicyclic amines) is 1. The number of β-amino-alcohol motifs (C(OH)–C–C–N with tert-alkyl or cyclic N) is 1. The number of nitrogens with one attached hydrogen (secondary N) is 1. The number of hydrogen-bond acceptors (Lipinski definition) is 6. The Morgan fingerprint density at radius 2 is 1.80 bits per heavy atom. The van der Waals surface area contributed by atoms with E-state index in [1.165, 1.54) is 25.7 Å². The first-order valence-corrected chi connectivity index (χ1v) is 16.1. The van der Waals surface area contributed by atoms with Crippen LogP contribution in [0.5, 0.6) is 5.75 Å². The molecule has 2 fully saturated rings. The first kappa shape index (κ1) is 30.6. The van der Waals surface area contributed by atoms with Crippen molar-refractivity contribution in [3.8, 4) is 5.75 Å². The van der Waals surface area contributed by atoms with Gasteiger partial charge in [0.05, 0.1) is 18.2 Å². The fourth-order valence-corrected chi connectivity index (χ4v) is 7.41. The molecule has 0 radical (unpaired) electrons. The number of hydrogen-bond donors (Lipinski definition) is 3. The van der Waals surface area contributed by atoms with Gasteiger partial charge in [0.25, 0.3) is 5.91 Å². The van der Waals surface area contributed by atoms with Gasteiger partial charge in [-0.1, -0.05) is 63.3 Å². The third-order valence-corrected chi connectivity index (χ3v) is 9.96. The minimum atomic E-state index is -0.844. The third-order valence-electron chi connectivity index (χ3n) is 8.83. The number of thioether (sulfide) groups is 1. The Morgan fingerprint density at radius 3 is 2.55 bits per heavy atom. The summed E-state index contributed by atoms with van der Waals surface area (Å²) in [6, 6.07) is 14.2. The lowest BCUT2D eigenvalue weighted by Gasteiger charge is -2.46. The van der Waals surface area contributed by atoms with Crippen LogP contribution in [0.1, 0.15) is 80.6 Å². The number of ketones is 1. The molecule has 1 amide bonds.